The maximum absolute atomic E-state index is 11.6. The lowest BCUT2D eigenvalue weighted by Gasteiger charge is -2.06. The van der Waals surface area contributed by atoms with Gasteiger partial charge in [-0.1, -0.05) is 30.3 Å². The lowest BCUT2D eigenvalue weighted by Crippen LogP contribution is -2.32. The fourth-order valence-electron chi connectivity index (χ4n) is 1.74. The maximum Gasteiger partial charge on any atom is 0.224 e. The molecule has 0 bridgehead atoms. The molecule has 0 aliphatic rings. The van der Waals surface area contributed by atoms with Crippen molar-refractivity contribution >= 4 is 24.2 Å². The van der Waals surface area contributed by atoms with Crippen molar-refractivity contribution in [1.82, 2.24) is 16.0 Å². The molecular weight excluding hydrogens is 290 g/mol. The van der Waals surface area contributed by atoms with Gasteiger partial charge in [0.05, 0.1) is 6.42 Å². The maximum atomic E-state index is 11.6. The van der Waals surface area contributed by atoms with Gasteiger partial charge in [-0.2, -0.15) is 0 Å². The summed E-state index contributed by atoms with van der Waals surface area (Å²) in [4.78, 5) is 23.1. The normalized spacial score (nSPS) is 9.57. The molecule has 118 valence electrons. The molecule has 6 heteroatoms. The number of carbonyl (C=O) groups is 2. The second-order valence-electron chi connectivity index (χ2n) is 4.57. The first kappa shape index (κ1) is 19.4. The van der Waals surface area contributed by atoms with Crippen LogP contribution in [0.15, 0.2) is 30.3 Å². The van der Waals surface area contributed by atoms with Crippen LogP contribution in [0.25, 0.3) is 0 Å². The van der Waals surface area contributed by atoms with Gasteiger partial charge in [-0.25, -0.2) is 0 Å². The molecule has 21 heavy (non-hydrogen) atoms. The number of hydrogen-bond donors (Lipinski definition) is 3. The van der Waals surface area contributed by atoms with Gasteiger partial charge in [0.2, 0.25) is 11.8 Å². The van der Waals surface area contributed by atoms with Gasteiger partial charge < -0.3 is 16.0 Å². The second kappa shape index (κ2) is 12.2. The first-order valence-electron chi connectivity index (χ1n) is 6.94. The summed E-state index contributed by atoms with van der Waals surface area (Å²) in [5, 5.41) is 8.58. The molecule has 0 aliphatic carbocycles. The van der Waals surface area contributed by atoms with Gasteiger partial charge in [0.15, 0.2) is 0 Å². The third-order valence-electron chi connectivity index (χ3n) is 2.81. The fourth-order valence-corrected chi connectivity index (χ4v) is 1.74. The molecule has 1 rings (SSSR count). The molecule has 0 aromatic heterocycles. The number of amides is 2. The van der Waals surface area contributed by atoms with Crippen LogP contribution in [-0.2, 0) is 16.0 Å². The largest absolute Gasteiger partial charge is 0.356 e. The zero-order chi connectivity index (χ0) is 14.6. The van der Waals surface area contributed by atoms with Crippen LogP contribution in [-0.4, -0.2) is 38.5 Å². The van der Waals surface area contributed by atoms with Crippen LogP contribution < -0.4 is 16.0 Å². The monoisotopic (exact) mass is 313 g/mol. The molecule has 2 amide bonds. The Morgan fingerprint density at radius 1 is 0.952 bits per heavy atom. The van der Waals surface area contributed by atoms with Crippen LogP contribution in [0.5, 0.6) is 0 Å². The Hall–Kier alpha value is -1.59. The number of carbonyl (C=O) groups excluding carboxylic acids is 2. The number of rotatable bonds is 9. The van der Waals surface area contributed by atoms with E-state index in [2.05, 4.69) is 16.0 Å². The standard InChI is InChI=1S/C15H23N3O2.ClH/c1-16-9-5-10-17-14(19)8-11-18-15(20)12-13-6-3-2-4-7-13;/h2-4,6-7,16H,5,8-12H2,1H3,(H,17,19)(H,18,20);1H. The average molecular weight is 314 g/mol. The van der Waals surface area contributed by atoms with Crippen LogP contribution in [0.2, 0.25) is 0 Å². The molecule has 0 unspecified atom stereocenters. The van der Waals surface area contributed by atoms with E-state index in [0.717, 1.165) is 18.5 Å². The lowest BCUT2D eigenvalue weighted by molar-refractivity contribution is -0.122. The molecule has 0 atom stereocenters. The van der Waals surface area contributed by atoms with E-state index in [9.17, 15) is 9.59 Å². The first-order chi connectivity index (χ1) is 9.72. The van der Waals surface area contributed by atoms with Crippen molar-refractivity contribution in [2.24, 2.45) is 0 Å². The molecule has 3 N–H and O–H groups in total. The van der Waals surface area contributed by atoms with E-state index in [1.54, 1.807) is 0 Å². The van der Waals surface area contributed by atoms with Crippen molar-refractivity contribution < 1.29 is 9.59 Å². The van der Waals surface area contributed by atoms with E-state index in [0.29, 0.717) is 25.9 Å². The summed E-state index contributed by atoms with van der Waals surface area (Å²) in [5.41, 5.74) is 0.974. The minimum atomic E-state index is -0.0563. The minimum Gasteiger partial charge on any atom is -0.356 e. The van der Waals surface area contributed by atoms with Crippen LogP contribution in [0.3, 0.4) is 0 Å². The Balaban J connectivity index is 0.00000400. The Bertz CT molecular complexity index is 413. The summed E-state index contributed by atoms with van der Waals surface area (Å²) < 4.78 is 0. The van der Waals surface area contributed by atoms with Crippen molar-refractivity contribution in [3.05, 3.63) is 35.9 Å². The van der Waals surface area contributed by atoms with Crippen LogP contribution in [0.1, 0.15) is 18.4 Å². The quantitative estimate of drug-likeness (QED) is 0.593. The number of hydrogen-bond acceptors (Lipinski definition) is 3. The first-order valence-corrected chi connectivity index (χ1v) is 6.94. The fraction of sp³-hybridized carbons (Fsp3) is 0.467. The van der Waals surface area contributed by atoms with Gasteiger partial charge in [0.25, 0.3) is 0 Å². The van der Waals surface area contributed by atoms with Crippen molar-refractivity contribution in [3.63, 3.8) is 0 Å². The van der Waals surface area contributed by atoms with E-state index in [1.807, 2.05) is 37.4 Å². The summed E-state index contributed by atoms with van der Waals surface area (Å²) in [6.07, 6.45) is 1.58. The molecule has 0 spiro atoms. The highest BCUT2D eigenvalue weighted by Crippen LogP contribution is 1.98. The molecule has 1 aromatic rings. The van der Waals surface area contributed by atoms with E-state index >= 15 is 0 Å². The molecule has 5 nitrogen and oxygen atoms in total. The molecular formula is C15H24ClN3O2. The Kier molecular flexibility index (Phi) is 11.3. The van der Waals surface area contributed by atoms with E-state index < -0.39 is 0 Å². The van der Waals surface area contributed by atoms with Crippen LogP contribution in [0, 0.1) is 0 Å². The minimum absolute atomic E-state index is 0. The van der Waals surface area contributed by atoms with Crippen LogP contribution in [0.4, 0.5) is 0 Å². The van der Waals surface area contributed by atoms with Gasteiger partial charge in [-0.3, -0.25) is 9.59 Å². The molecule has 0 fully saturated rings. The number of benzene rings is 1. The summed E-state index contributed by atoms with van der Waals surface area (Å²) >= 11 is 0. The van der Waals surface area contributed by atoms with E-state index in [4.69, 9.17) is 0 Å². The highest BCUT2D eigenvalue weighted by Gasteiger charge is 2.04. The van der Waals surface area contributed by atoms with Gasteiger partial charge in [0, 0.05) is 19.5 Å². The van der Waals surface area contributed by atoms with Crippen molar-refractivity contribution in [2.75, 3.05) is 26.7 Å². The Morgan fingerprint density at radius 3 is 2.29 bits per heavy atom. The van der Waals surface area contributed by atoms with Crippen LogP contribution >= 0.6 is 12.4 Å². The van der Waals surface area contributed by atoms with Gasteiger partial charge in [-0.15, -0.1) is 12.4 Å². The summed E-state index contributed by atoms with van der Waals surface area (Å²) in [6.45, 7) is 1.93. The SMILES string of the molecule is CNCCCNC(=O)CCNC(=O)Cc1ccccc1.Cl. The summed E-state index contributed by atoms with van der Waals surface area (Å²) in [5.74, 6) is -0.0831. The van der Waals surface area contributed by atoms with Crippen molar-refractivity contribution in [3.8, 4) is 0 Å². The Morgan fingerprint density at radius 2 is 1.62 bits per heavy atom. The predicted molar refractivity (Wildman–Crippen MR) is 86.6 cm³/mol. The molecule has 0 saturated heterocycles. The highest BCUT2D eigenvalue weighted by molar-refractivity contribution is 5.85. The van der Waals surface area contributed by atoms with Gasteiger partial charge >= 0.3 is 0 Å². The zero-order valence-electron chi connectivity index (χ0n) is 12.4. The van der Waals surface area contributed by atoms with Crippen molar-refractivity contribution in [1.29, 1.82) is 0 Å². The summed E-state index contributed by atoms with van der Waals surface area (Å²) in [6, 6.07) is 9.55. The van der Waals surface area contributed by atoms with E-state index in [1.165, 1.54) is 0 Å². The Labute approximate surface area is 132 Å². The third-order valence-corrected chi connectivity index (χ3v) is 2.81. The number of halogens is 1. The van der Waals surface area contributed by atoms with Gasteiger partial charge in [-0.05, 0) is 25.6 Å². The third kappa shape index (κ3) is 9.87. The van der Waals surface area contributed by atoms with Gasteiger partial charge in [0.1, 0.15) is 0 Å². The smallest absolute Gasteiger partial charge is 0.224 e. The summed E-state index contributed by atoms with van der Waals surface area (Å²) in [7, 11) is 1.88. The molecule has 0 saturated carbocycles. The average Bonchev–Trinajstić information content (AvgIpc) is 2.45. The molecule has 0 aliphatic heterocycles. The topological polar surface area (TPSA) is 70.2 Å². The lowest BCUT2D eigenvalue weighted by atomic mass is 10.1. The molecule has 1 aromatic carbocycles. The molecule has 0 radical (unpaired) electrons. The second-order valence-corrected chi connectivity index (χ2v) is 4.57. The molecule has 0 heterocycles. The number of nitrogens with one attached hydrogen (secondary N) is 3. The van der Waals surface area contributed by atoms with Crippen molar-refractivity contribution in [2.45, 2.75) is 19.3 Å². The zero-order valence-corrected chi connectivity index (χ0v) is 13.2. The predicted octanol–water partition coefficient (Wildman–Crippen LogP) is 0.883. The van der Waals surface area contributed by atoms with E-state index in [-0.39, 0.29) is 24.2 Å². The highest BCUT2D eigenvalue weighted by atomic mass is 35.5.